The molecule has 0 fully saturated rings. The lowest BCUT2D eigenvalue weighted by atomic mass is 10.1. The summed E-state index contributed by atoms with van der Waals surface area (Å²) in [5.41, 5.74) is 3.25. The average Bonchev–Trinajstić information content (AvgIpc) is 3.11. The van der Waals surface area contributed by atoms with E-state index in [4.69, 9.17) is 19.2 Å². The van der Waals surface area contributed by atoms with Crippen LogP contribution in [0.4, 0.5) is 0 Å². The van der Waals surface area contributed by atoms with Crippen molar-refractivity contribution >= 4 is 11.0 Å². The number of fused-ring (bicyclic) bond motifs is 1. The summed E-state index contributed by atoms with van der Waals surface area (Å²) in [5.74, 6) is 3.02. The number of para-hydroxylation sites is 2. The van der Waals surface area contributed by atoms with Crippen LogP contribution < -0.4 is 19.5 Å². The van der Waals surface area contributed by atoms with E-state index in [1.807, 2.05) is 25.1 Å². The van der Waals surface area contributed by atoms with Crippen LogP contribution in [0, 0.1) is 0 Å². The Balaban J connectivity index is 1.82. The summed E-state index contributed by atoms with van der Waals surface area (Å²) in [6, 6.07) is 12.3. The Morgan fingerprint density at radius 2 is 1.75 bits per heavy atom. The van der Waals surface area contributed by atoms with Crippen molar-refractivity contribution in [2.45, 2.75) is 39.9 Å². The average molecular weight is 383 g/mol. The molecule has 0 aliphatic heterocycles. The monoisotopic (exact) mass is 383 g/mol. The van der Waals surface area contributed by atoms with E-state index >= 15 is 0 Å². The lowest BCUT2D eigenvalue weighted by Crippen LogP contribution is -2.21. The Bertz CT molecular complexity index is 911. The van der Waals surface area contributed by atoms with Crippen LogP contribution in [0.2, 0.25) is 0 Å². The Morgan fingerprint density at radius 3 is 2.36 bits per heavy atom. The van der Waals surface area contributed by atoms with E-state index in [1.54, 1.807) is 14.2 Å². The molecule has 1 heterocycles. The van der Waals surface area contributed by atoms with Crippen molar-refractivity contribution in [3.8, 4) is 17.2 Å². The van der Waals surface area contributed by atoms with Gasteiger partial charge < -0.3 is 24.1 Å². The van der Waals surface area contributed by atoms with Gasteiger partial charge in [-0.2, -0.15) is 0 Å². The lowest BCUT2D eigenvalue weighted by Gasteiger charge is -2.18. The quantitative estimate of drug-likeness (QED) is 0.596. The molecule has 150 valence electrons. The van der Waals surface area contributed by atoms with Crippen molar-refractivity contribution in [1.29, 1.82) is 0 Å². The van der Waals surface area contributed by atoms with Crippen LogP contribution in [0.1, 0.15) is 38.2 Å². The molecule has 0 radical (unpaired) electrons. The fourth-order valence-corrected chi connectivity index (χ4v) is 3.44. The predicted molar refractivity (Wildman–Crippen MR) is 111 cm³/mol. The second-order valence-corrected chi connectivity index (χ2v) is 6.57. The SMILES string of the molecule is CCOc1c(OC)cc(CNC(C)c2nc3ccccc3n2CC)cc1OC. The lowest BCUT2D eigenvalue weighted by molar-refractivity contribution is 0.287. The van der Waals surface area contributed by atoms with E-state index in [0.717, 1.165) is 29.0 Å². The first-order valence-electron chi connectivity index (χ1n) is 9.69. The highest BCUT2D eigenvalue weighted by atomic mass is 16.5. The second-order valence-electron chi connectivity index (χ2n) is 6.57. The third-order valence-corrected chi connectivity index (χ3v) is 4.81. The molecule has 0 spiro atoms. The van der Waals surface area contributed by atoms with Crippen LogP contribution in [0.3, 0.4) is 0 Å². The molecule has 0 saturated heterocycles. The molecule has 0 aliphatic carbocycles. The van der Waals surface area contributed by atoms with Crippen LogP contribution in [0.25, 0.3) is 11.0 Å². The largest absolute Gasteiger partial charge is 0.493 e. The molecule has 28 heavy (non-hydrogen) atoms. The van der Waals surface area contributed by atoms with Crippen molar-refractivity contribution in [2.75, 3.05) is 20.8 Å². The third-order valence-electron chi connectivity index (χ3n) is 4.81. The van der Waals surface area contributed by atoms with E-state index in [0.29, 0.717) is 30.4 Å². The van der Waals surface area contributed by atoms with Gasteiger partial charge in [-0.15, -0.1) is 0 Å². The number of hydrogen-bond donors (Lipinski definition) is 1. The summed E-state index contributed by atoms with van der Waals surface area (Å²) in [6.07, 6.45) is 0. The number of aromatic nitrogens is 2. The minimum Gasteiger partial charge on any atom is -0.493 e. The minimum atomic E-state index is 0.0934. The Morgan fingerprint density at radius 1 is 1.07 bits per heavy atom. The van der Waals surface area contributed by atoms with E-state index in [2.05, 4.69) is 41.9 Å². The van der Waals surface area contributed by atoms with Gasteiger partial charge >= 0.3 is 0 Å². The van der Waals surface area contributed by atoms with Gasteiger partial charge in [-0.3, -0.25) is 0 Å². The highest BCUT2D eigenvalue weighted by Crippen LogP contribution is 2.38. The third kappa shape index (κ3) is 3.92. The van der Waals surface area contributed by atoms with Crippen LogP contribution in [0.15, 0.2) is 36.4 Å². The number of nitrogens with one attached hydrogen (secondary N) is 1. The first kappa shape index (κ1) is 20.0. The van der Waals surface area contributed by atoms with Gasteiger partial charge in [0.1, 0.15) is 5.82 Å². The molecule has 2 aromatic carbocycles. The molecule has 0 aliphatic rings. The zero-order valence-corrected chi connectivity index (χ0v) is 17.3. The van der Waals surface area contributed by atoms with Gasteiger partial charge in [-0.1, -0.05) is 12.1 Å². The second kappa shape index (κ2) is 8.97. The van der Waals surface area contributed by atoms with Crippen molar-refractivity contribution in [2.24, 2.45) is 0 Å². The number of rotatable bonds is 9. The smallest absolute Gasteiger partial charge is 0.203 e. The van der Waals surface area contributed by atoms with Gasteiger partial charge in [0, 0.05) is 13.1 Å². The highest BCUT2D eigenvalue weighted by Gasteiger charge is 2.17. The molecule has 6 nitrogen and oxygen atoms in total. The van der Waals surface area contributed by atoms with Crippen LogP contribution in [-0.4, -0.2) is 30.4 Å². The Labute approximate surface area is 166 Å². The highest BCUT2D eigenvalue weighted by molar-refractivity contribution is 5.76. The van der Waals surface area contributed by atoms with Gasteiger partial charge in [0.05, 0.1) is 37.9 Å². The van der Waals surface area contributed by atoms with Crippen LogP contribution in [0.5, 0.6) is 17.2 Å². The van der Waals surface area contributed by atoms with Gasteiger partial charge in [0.15, 0.2) is 11.5 Å². The fourth-order valence-electron chi connectivity index (χ4n) is 3.44. The molecule has 1 N–H and O–H groups in total. The van der Waals surface area contributed by atoms with Crippen molar-refractivity contribution in [3.63, 3.8) is 0 Å². The van der Waals surface area contributed by atoms with Gasteiger partial charge in [0.2, 0.25) is 5.75 Å². The van der Waals surface area contributed by atoms with Crippen molar-refractivity contribution < 1.29 is 14.2 Å². The number of hydrogen-bond acceptors (Lipinski definition) is 5. The Hall–Kier alpha value is -2.73. The topological polar surface area (TPSA) is 57.5 Å². The maximum atomic E-state index is 5.68. The summed E-state index contributed by atoms with van der Waals surface area (Å²) in [4.78, 5) is 4.83. The predicted octanol–water partition coefficient (Wildman–Crippen LogP) is 4.32. The summed E-state index contributed by atoms with van der Waals surface area (Å²) in [6.45, 7) is 8.31. The number of methoxy groups -OCH3 is 2. The molecular weight excluding hydrogens is 354 g/mol. The number of ether oxygens (including phenoxy) is 3. The van der Waals surface area contributed by atoms with Gasteiger partial charge in [-0.05, 0) is 50.6 Å². The summed E-state index contributed by atoms with van der Waals surface area (Å²) >= 11 is 0. The maximum Gasteiger partial charge on any atom is 0.203 e. The zero-order chi connectivity index (χ0) is 20.1. The van der Waals surface area contributed by atoms with E-state index < -0.39 is 0 Å². The number of nitrogens with zero attached hydrogens (tertiary/aromatic N) is 2. The molecule has 6 heteroatoms. The summed E-state index contributed by atoms with van der Waals surface area (Å²) in [5, 5.41) is 3.57. The Kier molecular flexibility index (Phi) is 6.41. The van der Waals surface area contributed by atoms with E-state index in [-0.39, 0.29) is 6.04 Å². The molecule has 1 atom stereocenters. The standard InChI is InChI=1S/C22H29N3O3/c1-6-25-18-11-9-8-10-17(18)24-22(25)15(3)23-14-16-12-19(26-4)21(28-7-2)20(13-16)27-5/h8-13,15,23H,6-7,14H2,1-5H3. The molecule has 3 rings (SSSR count). The summed E-state index contributed by atoms with van der Waals surface area (Å²) < 4.78 is 18.9. The first-order chi connectivity index (χ1) is 13.6. The fraction of sp³-hybridized carbons (Fsp3) is 0.409. The van der Waals surface area contributed by atoms with Crippen LogP contribution >= 0.6 is 0 Å². The number of imidazole rings is 1. The molecule has 1 aromatic heterocycles. The molecule has 0 bridgehead atoms. The minimum absolute atomic E-state index is 0.0934. The molecule has 0 amide bonds. The van der Waals surface area contributed by atoms with E-state index in [9.17, 15) is 0 Å². The first-order valence-corrected chi connectivity index (χ1v) is 9.69. The van der Waals surface area contributed by atoms with Crippen molar-refractivity contribution in [1.82, 2.24) is 14.9 Å². The molecule has 0 saturated carbocycles. The maximum absolute atomic E-state index is 5.68. The number of aryl methyl sites for hydroxylation is 1. The summed E-state index contributed by atoms with van der Waals surface area (Å²) in [7, 11) is 3.28. The van der Waals surface area contributed by atoms with E-state index in [1.165, 1.54) is 0 Å². The van der Waals surface area contributed by atoms with Gasteiger partial charge in [0.25, 0.3) is 0 Å². The molecule has 1 unspecified atom stereocenters. The molecule has 3 aromatic rings. The number of benzene rings is 2. The normalized spacial score (nSPS) is 12.2. The van der Waals surface area contributed by atoms with Crippen molar-refractivity contribution in [3.05, 3.63) is 47.8 Å². The van der Waals surface area contributed by atoms with Crippen LogP contribution in [-0.2, 0) is 13.1 Å². The molecular formula is C22H29N3O3. The van der Waals surface area contributed by atoms with Gasteiger partial charge in [-0.25, -0.2) is 4.98 Å². The zero-order valence-electron chi connectivity index (χ0n) is 17.3.